The maximum atomic E-state index is 11.8. The molecule has 0 radical (unpaired) electrons. The molecule has 0 aromatic carbocycles. The molecule has 118 valence electrons. The SMILES string of the molecule is C[N+](C)=C1C=CC(NS(=O)(=O)NC(=O)OC(C)(C)C)C=C1. The second-order valence-electron chi connectivity index (χ2n) is 5.79. The smallest absolute Gasteiger partial charge is 0.422 e. The molecule has 7 nitrogen and oxygen atoms in total. The molecule has 1 aliphatic carbocycles. The lowest BCUT2D eigenvalue weighted by Gasteiger charge is -2.20. The number of amides is 1. The van der Waals surface area contributed by atoms with Crippen LogP contribution >= 0.6 is 0 Å². The Balaban J connectivity index is 2.63. The van der Waals surface area contributed by atoms with Gasteiger partial charge in [-0.1, -0.05) is 12.2 Å². The molecule has 0 atom stereocenters. The first-order chi connectivity index (χ1) is 9.48. The molecule has 8 heteroatoms. The second-order valence-corrected chi connectivity index (χ2v) is 7.24. The molecule has 1 aliphatic rings. The lowest BCUT2D eigenvalue weighted by atomic mass is 10.1. The zero-order valence-electron chi connectivity index (χ0n) is 12.9. The van der Waals surface area contributed by atoms with E-state index in [0.717, 1.165) is 5.71 Å². The highest BCUT2D eigenvalue weighted by molar-refractivity contribution is 7.88. The Morgan fingerprint density at radius 3 is 2.19 bits per heavy atom. The van der Waals surface area contributed by atoms with E-state index in [0.29, 0.717) is 0 Å². The van der Waals surface area contributed by atoms with Gasteiger partial charge in [-0.3, -0.25) is 0 Å². The minimum atomic E-state index is -3.99. The minimum absolute atomic E-state index is 0.520. The normalized spacial score (nSPS) is 18.5. The Morgan fingerprint density at radius 2 is 1.76 bits per heavy atom. The van der Waals surface area contributed by atoms with Gasteiger partial charge in [0.2, 0.25) is 0 Å². The van der Waals surface area contributed by atoms with Gasteiger partial charge in [0.25, 0.3) is 0 Å². The number of rotatable bonds is 3. The van der Waals surface area contributed by atoms with Crippen molar-refractivity contribution in [1.82, 2.24) is 9.44 Å². The van der Waals surface area contributed by atoms with Crippen molar-refractivity contribution < 1.29 is 22.5 Å². The Hall–Kier alpha value is -1.67. The highest BCUT2D eigenvalue weighted by Gasteiger charge is 2.23. The molecular weight excluding hydrogens is 294 g/mol. The number of allylic oxidation sites excluding steroid dienone is 2. The van der Waals surface area contributed by atoms with Crippen LogP contribution in [0.1, 0.15) is 20.8 Å². The average molecular weight is 316 g/mol. The quantitative estimate of drug-likeness (QED) is 0.745. The number of ether oxygens (including phenoxy) is 1. The highest BCUT2D eigenvalue weighted by Crippen LogP contribution is 2.07. The van der Waals surface area contributed by atoms with E-state index in [1.165, 1.54) is 0 Å². The summed E-state index contributed by atoms with van der Waals surface area (Å²) in [5.41, 5.74) is 0.186. The molecule has 0 unspecified atom stereocenters. The summed E-state index contributed by atoms with van der Waals surface area (Å²) >= 11 is 0. The molecule has 0 aliphatic heterocycles. The van der Waals surface area contributed by atoms with Gasteiger partial charge in [-0.05, 0) is 20.8 Å². The van der Waals surface area contributed by atoms with Crippen molar-refractivity contribution >= 4 is 22.0 Å². The molecule has 0 heterocycles. The van der Waals surface area contributed by atoms with Crippen LogP contribution in [0.5, 0.6) is 0 Å². The maximum Gasteiger partial charge on any atom is 0.422 e. The van der Waals surface area contributed by atoms with Gasteiger partial charge in [0, 0.05) is 12.2 Å². The van der Waals surface area contributed by atoms with Crippen molar-refractivity contribution in [2.45, 2.75) is 32.4 Å². The van der Waals surface area contributed by atoms with E-state index < -0.39 is 27.9 Å². The van der Waals surface area contributed by atoms with Crippen LogP contribution in [0, 0.1) is 0 Å². The zero-order chi connectivity index (χ0) is 16.3. The highest BCUT2D eigenvalue weighted by atomic mass is 32.2. The van der Waals surface area contributed by atoms with Gasteiger partial charge in [-0.15, -0.1) is 0 Å². The lowest BCUT2D eigenvalue weighted by Crippen LogP contribution is -2.46. The molecule has 0 spiro atoms. The molecule has 21 heavy (non-hydrogen) atoms. The first-order valence-corrected chi connectivity index (χ1v) is 7.90. The summed E-state index contributed by atoms with van der Waals surface area (Å²) in [4.78, 5) is 11.5. The van der Waals surface area contributed by atoms with Gasteiger partial charge in [-0.25, -0.2) is 14.1 Å². The largest absolute Gasteiger partial charge is 0.443 e. The summed E-state index contributed by atoms with van der Waals surface area (Å²) in [7, 11) is -0.216. The van der Waals surface area contributed by atoms with Crippen LogP contribution in [0.2, 0.25) is 0 Å². The van der Waals surface area contributed by atoms with Crippen molar-refractivity contribution in [3.05, 3.63) is 24.3 Å². The maximum absolute atomic E-state index is 11.8. The van der Waals surface area contributed by atoms with Crippen LogP contribution in [0.25, 0.3) is 0 Å². The summed E-state index contributed by atoms with van der Waals surface area (Å²) in [6.07, 6.45) is 5.94. The summed E-state index contributed by atoms with van der Waals surface area (Å²) in [5.74, 6) is 0. The van der Waals surface area contributed by atoms with Gasteiger partial charge < -0.3 is 4.74 Å². The number of nitrogens with one attached hydrogen (secondary N) is 2. The van der Waals surface area contributed by atoms with Crippen molar-refractivity contribution in [1.29, 1.82) is 0 Å². The molecule has 0 saturated carbocycles. The van der Waals surface area contributed by atoms with Crippen LogP contribution in [-0.4, -0.2) is 50.5 Å². The molecule has 1 rings (SSSR count). The third-order valence-corrected chi connectivity index (χ3v) is 3.39. The van der Waals surface area contributed by atoms with E-state index in [9.17, 15) is 13.2 Å². The lowest BCUT2D eigenvalue weighted by molar-refractivity contribution is -0.462. The van der Waals surface area contributed by atoms with Crippen LogP contribution in [0.4, 0.5) is 4.79 Å². The Morgan fingerprint density at radius 1 is 1.24 bits per heavy atom. The summed E-state index contributed by atoms with van der Waals surface area (Å²) < 4.78 is 34.5. The fourth-order valence-electron chi connectivity index (χ4n) is 1.52. The van der Waals surface area contributed by atoms with Crippen LogP contribution in [-0.2, 0) is 14.9 Å². The predicted molar refractivity (Wildman–Crippen MR) is 80.6 cm³/mol. The molecule has 0 aromatic rings. The topological polar surface area (TPSA) is 87.5 Å². The molecule has 2 N–H and O–H groups in total. The van der Waals surface area contributed by atoms with Gasteiger partial charge in [-0.2, -0.15) is 13.1 Å². The average Bonchev–Trinajstić information content (AvgIpc) is 2.24. The molecule has 0 saturated heterocycles. The molecule has 0 bridgehead atoms. The molecular formula is C13H22N3O4S+. The van der Waals surface area contributed by atoms with E-state index in [1.807, 2.05) is 23.4 Å². The fourth-order valence-corrected chi connectivity index (χ4v) is 2.35. The second kappa shape index (κ2) is 6.40. The summed E-state index contributed by atoms with van der Waals surface area (Å²) in [5, 5.41) is 0. The van der Waals surface area contributed by atoms with Crippen molar-refractivity contribution in [3.63, 3.8) is 0 Å². The Bertz CT molecular complexity index is 577. The monoisotopic (exact) mass is 316 g/mol. The van der Waals surface area contributed by atoms with Gasteiger partial charge in [0.1, 0.15) is 19.7 Å². The zero-order valence-corrected chi connectivity index (χ0v) is 13.7. The third-order valence-electron chi connectivity index (χ3n) is 2.37. The van der Waals surface area contributed by atoms with Gasteiger partial charge in [0.15, 0.2) is 5.71 Å². The minimum Gasteiger partial charge on any atom is -0.443 e. The number of hydrogen-bond donors (Lipinski definition) is 2. The van der Waals surface area contributed by atoms with Crippen molar-refractivity contribution in [3.8, 4) is 0 Å². The number of hydrogen-bond acceptors (Lipinski definition) is 4. The van der Waals surface area contributed by atoms with Crippen molar-refractivity contribution in [2.75, 3.05) is 14.1 Å². The number of carbonyl (C=O) groups excluding carboxylic acids is 1. The van der Waals surface area contributed by atoms with Gasteiger partial charge >= 0.3 is 16.3 Å². The standard InChI is InChI=1S/C13H21N3O4S/c1-13(2,3)20-12(17)15-21(18,19)14-10-6-8-11(9-7-10)16(4)5/h6-10,14H,1-5H3/p+1. The van der Waals surface area contributed by atoms with E-state index in [1.54, 1.807) is 45.1 Å². The number of carbonyl (C=O) groups is 1. The van der Waals surface area contributed by atoms with Crippen LogP contribution < -0.4 is 9.44 Å². The summed E-state index contributed by atoms with van der Waals surface area (Å²) in [6.45, 7) is 4.95. The first-order valence-electron chi connectivity index (χ1n) is 6.42. The van der Waals surface area contributed by atoms with Crippen LogP contribution in [0.3, 0.4) is 0 Å². The third kappa shape index (κ3) is 6.54. The molecule has 0 aromatic heterocycles. The van der Waals surface area contributed by atoms with E-state index in [-0.39, 0.29) is 0 Å². The van der Waals surface area contributed by atoms with E-state index >= 15 is 0 Å². The summed E-state index contributed by atoms with van der Waals surface area (Å²) in [6, 6.07) is -0.520. The fraction of sp³-hybridized carbons (Fsp3) is 0.538. The van der Waals surface area contributed by atoms with E-state index in [4.69, 9.17) is 4.74 Å². The van der Waals surface area contributed by atoms with Crippen LogP contribution in [0.15, 0.2) is 24.3 Å². The molecule has 1 amide bonds. The number of nitrogens with zero attached hydrogens (tertiary/aromatic N) is 1. The predicted octanol–water partition coefficient (Wildman–Crippen LogP) is 0.553. The van der Waals surface area contributed by atoms with Crippen molar-refractivity contribution in [2.24, 2.45) is 0 Å². The molecule has 0 fully saturated rings. The Labute approximate surface area is 125 Å². The Kier molecular flexibility index (Phi) is 5.30. The first kappa shape index (κ1) is 17.4. The van der Waals surface area contributed by atoms with Gasteiger partial charge in [0.05, 0.1) is 6.04 Å². The van der Waals surface area contributed by atoms with E-state index in [2.05, 4.69) is 4.72 Å².